The van der Waals surface area contributed by atoms with Crippen LogP contribution in [-0.4, -0.2) is 25.1 Å². The summed E-state index contributed by atoms with van der Waals surface area (Å²) < 4.78 is 10.7. The van der Waals surface area contributed by atoms with Gasteiger partial charge < -0.3 is 9.47 Å². The molecule has 2 aromatic carbocycles. The molecular weight excluding hydrogens is 378 g/mol. The van der Waals surface area contributed by atoms with Gasteiger partial charge in [0.2, 0.25) is 0 Å². The number of anilines is 1. The van der Waals surface area contributed by atoms with Crippen LogP contribution in [0.3, 0.4) is 0 Å². The lowest BCUT2D eigenvalue weighted by Crippen LogP contribution is -2.24. The summed E-state index contributed by atoms with van der Waals surface area (Å²) in [6.07, 6.45) is 1.73. The van der Waals surface area contributed by atoms with Crippen LogP contribution >= 0.6 is 0 Å². The second kappa shape index (κ2) is 8.99. The van der Waals surface area contributed by atoms with Gasteiger partial charge in [0.05, 0.1) is 24.4 Å². The maximum absolute atomic E-state index is 13.4. The van der Waals surface area contributed by atoms with Crippen LogP contribution in [0.2, 0.25) is 0 Å². The summed E-state index contributed by atoms with van der Waals surface area (Å²) in [4.78, 5) is 27.7. The Bertz CT molecular complexity index is 1030. The Labute approximate surface area is 177 Å². The Hall–Kier alpha value is -3.34. The number of carbonyl (C=O) groups excluding carboxylic acids is 2. The molecule has 0 radical (unpaired) electrons. The molecule has 0 saturated carbocycles. The molecule has 0 saturated heterocycles. The minimum atomic E-state index is -0.494. The van der Waals surface area contributed by atoms with Gasteiger partial charge in [0, 0.05) is 11.4 Å². The molecule has 30 heavy (non-hydrogen) atoms. The van der Waals surface area contributed by atoms with E-state index in [-0.39, 0.29) is 12.5 Å². The molecule has 2 aromatic rings. The highest BCUT2D eigenvalue weighted by Gasteiger charge is 2.38. The fraction of sp³-hybridized carbons (Fsp3) is 0.280. The third-order valence-corrected chi connectivity index (χ3v) is 5.13. The Kier molecular flexibility index (Phi) is 6.40. The smallest absolute Gasteiger partial charge is 0.340 e. The number of nitrogens with zero attached hydrogens (tertiary/aromatic N) is 1. The Morgan fingerprint density at radius 2 is 1.67 bits per heavy atom. The van der Waals surface area contributed by atoms with E-state index in [1.165, 1.54) is 0 Å². The molecule has 5 nitrogen and oxygen atoms in total. The van der Waals surface area contributed by atoms with Gasteiger partial charge in [-0.3, -0.25) is 9.69 Å². The fourth-order valence-electron chi connectivity index (χ4n) is 3.45. The van der Waals surface area contributed by atoms with E-state index in [0.29, 0.717) is 23.5 Å². The zero-order valence-corrected chi connectivity index (χ0v) is 18.1. The zero-order chi connectivity index (χ0) is 21.8. The van der Waals surface area contributed by atoms with Gasteiger partial charge in [-0.05, 0) is 81.7 Å². The van der Waals surface area contributed by atoms with Crippen molar-refractivity contribution in [3.8, 4) is 5.75 Å². The first kappa shape index (κ1) is 21.4. The Morgan fingerprint density at radius 1 is 0.967 bits per heavy atom. The van der Waals surface area contributed by atoms with Crippen LogP contribution in [0.15, 0.2) is 59.3 Å². The second-order valence-corrected chi connectivity index (χ2v) is 7.15. The summed E-state index contributed by atoms with van der Waals surface area (Å²) in [7, 11) is 0. The van der Waals surface area contributed by atoms with Crippen LogP contribution in [0.5, 0.6) is 5.75 Å². The summed E-state index contributed by atoms with van der Waals surface area (Å²) in [6.45, 7) is 10.3. The van der Waals surface area contributed by atoms with Crippen LogP contribution in [0.1, 0.15) is 37.5 Å². The van der Waals surface area contributed by atoms with Gasteiger partial charge in [0.1, 0.15) is 5.75 Å². The maximum Gasteiger partial charge on any atom is 0.340 e. The van der Waals surface area contributed by atoms with Crippen molar-refractivity contribution in [1.82, 2.24) is 0 Å². The molecule has 1 amide bonds. The molecule has 0 N–H and O–H groups in total. The predicted molar refractivity (Wildman–Crippen MR) is 118 cm³/mol. The topological polar surface area (TPSA) is 55.8 Å². The van der Waals surface area contributed by atoms with Gasteiger partial charge in [-0.2, -0.15) is 0 Å². The van der Waals surface area contributed by atoms with Crippen molar-refractivity contribution in [3.63, 3.8) is 0 Å². The Balaban J connectivity index is 2.07. The van der Waals surface area contributed by atoms with Crippen molar-refractivity contribution >= 4 is 23.6 Å². The number of amides is 1. The summed E-state index contributed by atoms with van der Waals surface area (Å²) in [5.41, 5.74) is 4.95. The van der Waals surface area contributed by atoms with E-state index in [4.69, 9.17) is 9.47 Å². The van der Waals surface area contributed by atoms with Crippen molar-refractivity contribution in [3.05, 3.63) is 76.0 Å². The summed E-state index contributed by atoms with van der Waals surface area (Å²) >= 11 is 0. The number of aryl methyl sites for hydroxylation is 2. The summed E-state index contributed by atoms with van der Waals surface area (Å²) in [5.74, 6) is 0.0195. The fourth-order valence-corrected chi connectivity index (χ4v) is 3.45. The van der Waals surface area contributed by atoms with Gasteiger partial charge in [-0.1, -0.05) is 18.2 Å². The highest BCUT2D eigenvalue weighted by Crippen LogP contribution is 2.36. The van der Waals surface area contributed by atoms with E-state index in [1.807, 2.05) is 63.2 Å². The van der Waals surface area contributed by atoms with Crippen LogP contribution in [0, 0.1) is 13.8 Å². The molecule has 5 heteroatoms. The van der Waals surface area contributed by atoms with Gasteiger partial charge in [0.25, 0.3) is 5.91 Å². The molecule has 156 valence electrons. The number of benzene rings is 2. The van der Waals surface area contributed by atoms with Crippen LogP contribution in [0.4, 0.5) is 5.69 Å². The van der Waals surface area contributed by atoms with Crippen LogP contribution in [0.25, 0.3) is 6.08 Å². The number of hydrogen-bond donors (Lipinski definition) is 0. The lowest BCUT2D eigenvalue weighted by molar-refractivity contribution is -0.138. The summed E-state index contributed by atoms with van der Waals surface area (Å²) in [6, 6.07) is 13.2. The lowest BCUT2D eigenvalue weighted by atomic mass is 10.0. The van der Waals surface area contributed by atoms with E-state index in [9.17, 15) is 9.59 Å². The first-order valence-corrected chi connectivity index (χ1v) is 10.1. The molecule has 0 unspecified atom stereocenters. The van der Waals surface area contributed by atoms with Crippen molar-refractivity contribution in [2.24, 2.45) is 0 Å². The zero-order valence-electron chi connectivity index (χ0n) is 18.1. The molecule has 0 atom stereocenters. The van der Waals surface area contributed by atoms with Crippen molar-refractivity contribution in [2.75, 3.05) is 18.1 Å². The molecule has 3 rings (SSSR count). The van der Waals surface area contributed by atoms with Gasteiger partial charge in [-0.15, -0.1) is 0 Å². The quantitative estimate of drug-likeness (QED) is 0.503. The lowest BCUT2D eigenvalue weighted by Gasteiger charge is -2.19. The highest BCUT2D eigenvalue weighted by atomic mass is 16.5. The minimum absolute atomic E-state index is 0.240. The Morgan fingerprint density at radius 3 is 2.27 bits per heavy atom. The normalized spacial score (nSPS) is 15.2. The van der Waals surface area contributed by atoms with Gasteiger partial charge in [-0.25, -0.2) is 4.79 Å². The van der Waals surface area contributed by atoms with Crippen LogP contribution < -0.4 is 9.64 Å². The molecular formula is C25H27NO4. The van der Waals surface area contributed by atoms with Crippen molar-refractivity contribution in [1.29, 1.82) is 0 Å². The molecule has 0 aliphatic carbocycles. The first-order chi connectivity index (χ1) is 14.4. The number of rotatable bonds is 6. The average Bonchev–Trinajstić information content (AvgIpc) is 2.96. The molecule has 0 spiro atoms. The van der Waals surface area contributed by atoms with E-state index in [2.05, 4.69) is 0 Å². The van der Waals surface area contributed by atoms with Crippen molar-refractivity contribution < 1.29 is 19.1 Å². The van der Waals surface area contributed by atoms with Crippen molar-refractivity contribution in [2.45, 2.75) is 34.6 Å². The van der Waals surface area contributed by atoms with Crippen LogP contribution in [-0.2, 0) is 14.3 Å². The molecule has 0 fully saturated rings. The molecule has 0 bridgehead atoms. The first-order valence-electron chi connectivity index (χ1n) is 10.1. The van der Waals surface area contributed by atoms with E-state index in [1.54, 1.807) is 24.8 Å². The van der Waals surface area contributed by atoms with Gasteiger partial charge >= 0.3 is 5.97 Å². The largest absolute Gasteiger partial charge is 0.494 e. The number of ether oxygens (including phenoxy) is 2. The predicted octanol–water partition coefficient (Wildman–Crippen LogP) is 4.97. The number of allylic oxidation sites excluding steroid dienone is 1. The standard InChI is InChI=1S/C25H27NO4/c1-6-29-21-12-9-19(10-13-21)15-22-23(25(28)30-7-2)18(5)26(24(22)27)20-11-8-16(3)17(4)14-20/h8-15H,6-7H2,1-5H3/b22-15+. The number of carbonyl (C=O) groups is 2. The monoisotopic (exact) mass is 405 g/mol. The van der Waals surface area contributed by atoms with E-state index >= 15 is 0 Å². The van der Waals surface area contributed by atoms with E-state index in [0.717, 1.165) is 28.1 Å². The SMILES string of the molecule is CCOC(=O)C1=C(C)N(c2ccc(C)c(C)c2)C(=O)/C1=C/c1ccc(OCC)cc1. The third kappa shape index (κ3) is 4.15. The number of esters is 1. The summed E-state index contributed by atoms with van der Waals surface area (Å²) in [5, 5.41) is 0. The molecule has 0 aromatic heterocycles. The average molecular weight is 405 g/mol. The second-order valence-electron chi connectivity index (χ2n) is 7.15. The number of hydrogen-bond acceptors (Lipinski definition) is 4. The molecule has 1 aliphatic rings. The van der Waals surface area contributed by atoms with Gasteiger partial charge in [0.15, 0.2) is 0 Å². The molecule has 1 heterocycles. The maximum atomic E-state index is 13.4. The minimum Gasteiger partial charge on any atom is -0.494 e. The third-order valence-electron chi connectivity index (χ3n) is 5.13. The van der Waals surface area contributed by atoms with E-state index < -0.39 is 5.97 Å². The highest BCUT2D eigenvalue weighted by molar-refractivity contribution is 6.23. The molecule has 1 aliphatic heterocycles.